The molecule has 0 unspecified atom stereocenters. The Morgan fingerprint density at radius 1 is 0.600 bits per heavy atom. The van der Waals surface area contributed by atoms with Crippen molar-refractivity contribution in [2.45, 2.75) is 106 Å². The van der Waals surface area contributed by atoms with E-state index in [-0.39, 0.29) is 47.8 Å². The number of likely N-dealkylation sites (N-methyl/N-ethyl adjacent to an activating group) is 2. The normalized spacial score (nSPS) is 29.1. The van der Waals surface area contributed by atoms with Crippen LogP contribution in [0.2, 0.25) is 0 Å². The van der Waals surface area contributed by atoms with Crippen molar-refractivity contribution >= 4 is 24.0 Å². The molecule has 3 saturated carbocycles. The van der Waals surface area contributed by atoms with Gasteiger partial charge in [-0.2, -0.15) is 0 Å². The fourth-order valence-corrected chi connectivity index (χ4v) is 12.1. The third kappa shape index (κ3) is 7.75. The minimum Gasteiger partial charge on any atom is -0.465 e. The van der Waals surface area contributed by atoms with E-state index in [1.807, 2.05) is 22.2 Å². The molecule has 4 amide bonds. The first-order chi connectivity index (χ1) is 31.5. The second-order valence-electron chi connectivity index (χ2n) is 19.7. The molecule has 10 atom stereocenters. The van der Waals surface area contributed by atoms with E-state index in [0.717, 1.165) is 66.3 Å². The van der Waals surface area contributed by atoms with Gasteiger partial charge in [-0.15, -0.1) is 0 Å². The molecule has 342 valence electrons. The summed E-state index contributed by atoms with van der Waals surface area (Å²) in [6.07, 6.45) is 8.88. The van der Waals surface area contributed by atoms with Gasteiger partial charge in [0.15, 0.2) is 0 Å². The predicted molar refractivity (Wildman–Crippen MR) is 237 cm³/mol. The quantitative estimate of drug-likeness (QED) is 0.117. The Kier molecular flexibility index (Phi) is 10.7. The van der Waals surface area contributed by atoms with Gasteiger partial charge < -0.3 is 39.5 Å². The number of likely N-dealkylation sites (tertiary alicyclic amines) is 2. The summed E-state index contributed by atoms with van der Waals surface area (Å²) in [5.41, 5.74) is 6.20. The van der Waals surface area contributed by atoms with Crippen molar-refractivity contribution in [1.29, 1.82) is 0 Å². The van der Waals surface area contributed by atoms with Crippen LogP contribution in [0.25, 0.3) is 22.5 Å². The number of H-pyrrole nitrogens is 2. The van der Waals surface area contributed by atoms with Gasteiger partial charge in [0.05, 0.1) is 23.5 Å². The van der Waals surface area contributed by atoms with Crippen LogP contribution in [-0.4, -0.2) is 138 Å². The summed E-state index contributed by atoms with van der Waals surface area (Å²) in [5, 5.41) is 19.9. The van der Waals surface area contributed by atoms with E-state index in [1.54, 1.807) is 0 Å². The van der Waals surface area contributed by atoms with Crippen LogP contribution < -0.4 is 0 Å². The van der Waals surface area contributed by atoms with E-state index in [1.165, 1.54) is 35.0 Å². The first kappa shape index (κ1) is 41.9. The molecule has 0 bridgehead atoms. The molecule has 65 heavy (non-hydrogen) atoms. The highest BCUT2D eigenvalue weighted by atomic mass is 16.5. The van der Waals surface area contributed by atoms with Crippen LogP contribution in [0.1, 0.15) is 104 Å². The molecule has 16 heteroatoms. The SMILES string of the molecule is CN(C(=O)O)[C@H](C(=O)N1[C@@H]2C[C@@H]2C[C@H]1c1nc(-c2ccc([C@H]3C[C@@H]3c3ccc(-c4c[nH]c([C@@H]5C[C@H]6C[C@H]6N5C(=O)[C@H](C5CCOCC5)N(C)C(=O)O)n4)cc3)cc2)c[nH]1)C1CCOCC1. The lowest BCUT2D eigenvalue weighted by atomic mass is 9.89. The summed E-state index contributed by atoms with van der Waals surface area (Å²) in [4.78, 5) is 75.9. The molecule has 4 aromatic rings. The van der Waals surface area contributed by atoms with Crippen LogP contribution in [0.3, 0.4) is 0 Å². The molecular weight excluding hydrogens is 829 g/mol. The molecule has 7 aliphatic rings. The van der Waals surface area contributed by atoms with Crippen molar-refractivity contribution in [2.75, 3.05) is 40.5 Å². The van der Waals surface area contributed by atoms with Crippen molar-refractivity contribution in [3.8, 4) is 22.5 Å². The number of rotatable bonds is 12. The zero-order chi connectivity index (χ0) is 44.7. The molecule has 2 aromatic carbocycles. The average Bonchev–Trinajstić information content (AvgIpc) is 4.25. The number of aromatic amines is 2. The van der Waals surface area contributed by atoms with Gasteiger partial charge in [-0.05, 0) is 104 Å². The highest BCUT2D eigenvalue weighted by Gasteiger charge is 2.58. The Bertz CT molecular complexity index is 2270. The third-order valence-electron chi connectivity index (χ3n) is 16.0. The first-order valence-corrected chi connectivity index (χ1v) is 23.6. The Balaban J connectivity index is 0.732. The summed E-state index contributed by atoms with van der Waals surface area (Å²) in [5.74, 6) is 2.75. The van der Waals surface area contributed by atoms with E-state index in [4.69, 9.17) is 19.4 Å². The monoisotopic (exact) mass is 886 g/mol. The number of carboxylic acid groups (broad SMARTS) is 2. The van der Waals surface area contributed by atoms with Gasteiger partial charge in [0.25, 0.3) is 0 Å². The van der Waals surface area contributed by atoms with Crippen molar-refractivity contribution in [3.63, 3.8) is 0 Å². The molecule has 4 aliphatic heterocycles. The van der Waals surface area contributed by atoms with Crippen LogP contribution in [0, 0.1) is 23.7 Å². The number of aromatic nitrogens is 4. The summed E-state index contributed by atoms with van der Waals surface area (Å²) in [6, 6.07) is 15.6. The van der Waals surface area contributed by atoms with Crippen LogP contribution in [0.15, 0.2) is 60.9 Å². The molecule has 11 rings (SSSR count). The van der Waals surface area contributed by atoms with Gasteiger partial charge in [-0.25, -0.2) is 19.6 Å². The van der Waals surface area contributed by atoms with E-state index >= 15 is 0 Å². The van der Waals surface area contributed by atoms with E-state index in [2.05, 4.69) is 58.5 Å². The number of amides is 4. The summed E-state index contributed by atoms with van der Waals surface area (Å²) in [7, 11) is 3.02. The van der Waals surface area contributed by atoms with E-state index in [0.29, 0.717) is 75.8 Å². The summed E-state index contributed by atoms with van der Waals surface area (Å²) < 4.78 is 11.1. The summed E-state index contributed by atoms with van der Waals surface area (Å²) >= 11 is 0. The van der Waals surface area contributed by atoms with Gasteiger partial charge in [-0.1, -0.05) is 48.5 Å². The molecule has 0 spiro atoms. The molecule has 4 N–H and O–H groups in total. The van der Waals surface area contributed by atoms with Gasteiger partial charge in [0, 0.05) is 76.1 Å². The summed E-state index contributed by atoms with van der Waals surface area (Å²) in [6.45, 7) is 2.13. The number of hydrogen-bond acceptors (Lipinski definition) is 8. The van der Waals surface area contributed by atoms with Gasteiger partial charge >= 0.3 is 12.2 Å². The smallest absolute Gasteiger partial charge is 0.407 e. The van der Waals surface area contributed by atoms with Crippen molar-refractivity contribution in [1.82, 2.24) is 39.5 Å². The maximum Gasteiger partial charge on any atom is 0.407 e. The fourth-order valence-electron chi connectivity index (χ4n) is 12.1. The second-order valence-corrected chi connectivity index (χ2v) is 19.7. The number of benzene rings is 2. The fraction of sp³-hybridized carbons (Fsp3) is 0.551. The lowest BCUT2D eigenvalue weighted by molar-refractivity contribution is -0.142. The minimum absolute atomic E-state index is 0.0818. The average molecular weight is 887 g/mol. The second kappa shape index (κ2) is 16.6. The zero-order valence-corrected chi connectivity index (χ0v) is 36.9. The minimum atomic E-state index is -1.09. The van der Waals surface area contributed by atoms with E-state index < -0.39 is 24.3 Å². The zero-order valence-electron chi connectivity index (χ0n) is 36.9. The molecule has 3 aliphatic carbocycles. The lowest BCUT2D eigenvalue weighted by Crippen LogP contribution is -2.54. The van der Waals surface area contributed by atoms with Crippen molar-refractivity contribution < 1.29 is 38.9 Å². The maximum absolute atomic E-state index is 14.3. The molecule has 16 nitrogen and oxygen atoms in total. The molecule has 7 fully saturated rings. The van der Waals surface area contributed by atoms with Crippen molar-refractivity contribution in [2.24, 2.45) is 23.7 Å². The predicted octanol–water partition coefficient (Wildman–Crippen LogP) is 6.87. The molecule has 0 radical (unpaired) electrons. The number of piperidine rings is 2. The highest BCUT2D eigenvalue weighted by molar-refractivity contribution is 5.88. The van der Waals surface area contributed by atoms with Crippen LogP contribution in [0.5, 0.6) is 0 Å². The largest absolute Gasteiger partial charge is 0.465 e. The first-order valence-electron chi connectivity index (χ1n) is 23.6. The lowest BCUT2D eigenvalue weighted by Gasteiger charge is -2.38. The van der Waals surface area contributed by atoms with E-state index in [9.17, 15) is 29.4 Å². The standard InChI is InChI=1S/C49H58N8O8/c1-54(48(60)61)42(30-11-15-64-16-12-30)46(58)56-38-19-32(38)21-40(56)44-50-24-36(52-44)28-7-3-26(4-8-28)34-23-35(34)27-5-9-29(10-6-27)37-25-51-45(53-37)41-22-33-20-39(33)57(41)47(59)43(55(2)49(62)63)31-13-17-65-18-14-31/h3-10,24-25,30-35,38-43H,11-23H2,1-2H3,(H,50,52)(H,51,53)(H,60,61)(H,62,63)/t32-,33-,34-,35-,38-,39-,40+,41+,42+,43+/m1/s1. The van der Waals surface area contributed by atoms with Crippen LogP contribution in [0.4, 0.5) is 9.59 Å². The van der Waals surface area contributed by atoms with Crippen LogP contribution >= 0.6 is 0 Å². The Labute approximate surface area is 377 Å². The Morgan fingerprint density at radius 3 is 1.35 bits per heavy atom. The number of carbonyl (C=O) groups is 4. The van der Waals surface area contributed by atoms with Gasteiger partial charge in [0.1, 0.15) is 23.7 Å². The molecule has 6 heterocycles. The number of hydrogen-bond donors (Lipinski definition) is 4. The number of carbonyl (C=O) groups excluding carboxylic acids is 2. The molecule has 4 saturated heterocycles. The number of fused-ring (bicyclic) bond motifs is 2. The Morgan fingerprint density at radius 2 is 0.985 bits per heavy atom. The Hall–Kier alpha value is -5.74. The van der Waals surface area contributed by atoms with Crippen LogP contribution in [-0.2, 0) is 19.1 Å². The van der Waals surface area contributed by atoms with Crippen molar-refractivity contribution in [3.05, 3.63) is 83.7 Å². The van der Waals surface area contributed by atoms with Gasteiger partial charge in [0.2, 0.25) is 11.8 Å². The third-order valence-corrected chi connectivity index (χ3v) is 16.0. The topological polar surface area (TPSA) is 198 Å². The number of imidazole rings is 2. The highest BCUT2D eigenvalue weighted by Crippen LogP contribution is 2.56. The number of ether oxygens (including phenoxy) is 2. The maximum atomic E-state index is 14.3. The molecular formula is C49H58N8O8. The molecule has 2 aromatic heterocycles. The number of nitrogens with one attached hydrogen (secondary N) is 2. The number of nitrogens with zero attached hydrogens (tertiary/aromatic N) is 6. The van der Waals surface area contributed by atoms with Gasteiger partial charge in [-0.3, -0.25) is 19.4 Å².